The van der Waals surface area contributed by atoms with Crippen LogP contribution in [0.15, 0.2) is 59.1 Å². The first-order valence-electron chi connectivity index (χ1n) is 10.2. The number of amides is 2. The molecule has 0 bridgehead atoms. The summed E-state index contributed by atoms with van der Waals surface area (Å²) in [5.74, 6) is -0.786. The van der Waals surface area contributed by atoms with Gasteiger partial charge < -0.3 is 10.2 Å². The maximum absolute atomic E-state index is 13.4. The molecule has 2 amide bonds. The molecule has 7 nitrogen and oxygen atoms in total. The first-order valence-corrected chi connectivity index (χ1v) is 12.8. The van der Waals surface area contributed by atoms with Crippen molar-refractivity contribution in [3.8, 4) is 0 Å². The van der Waals surface area contributed by atoms with E-state index in [4.69, 9.17) is 0 Å². The zero-order valence-corrected chi connectivity index (χ0v) is 21.4. The Labute approximate surface area is 199 Å². The largest absolute Gasteiger partial charge is 0.350 e. The van der Waals surface area contributed by atoms with Crippen molar-refractivity contribution in [1.82, 2.24) is 10.2 Å². The standard InChI is InChI=1S/C23H30BrN3O4S/c1-17(22(29)25-23(2,3)4)26(15-18-10-7-6-8-11-18)21(28)16-27(32(5,30)31)20-13-9-12-19(24)14-20/h6-14,17H,15-16H2,1-5H3,(H,25,29). The van der Waals surface area contributed by atoms with Crippen LogP contribution >= 0.6 is 15.9 Å². The first-order chi connectivity index (χ1) is 14.8. The number of nitrogens with zero attached hydrogens (tertiary/aromatic N) is 2. The number of anilines is 1. The molecule has 174 valence electrons. The van der Waals surface area contributed by atoms with Gasteiger partial charge in [-0.1, -0.05) is 52.3 Å². The summed E-state index contributed by atoms with van der Waals surface area (Å²) in [7, 11) is -3.75. The van der Waals surface area contributed by atoms with Crippen LogP contribution in [0.2, 0.25) is 0 Å². The minimum atomic E-state index is -3.75. The van der Waals surface area contributed by atoms with E-state index in [-0.39, 0.29) is 12.5 Å². The molecule has 32 heavy (non-hydrogen) atoms. The van der Waals surface area contributed by atoms with Crippen LogP contribution in [0.1, 0.15) is 33.3 Å². The summed E-state index contributed by atoms with van der Waals surface area (Å²) in [6.45, 7) is 6.98. The van der Waals surface area contributed by atoms with Crippen LogP contribution in [0.3, 0.4) is 0 Å². The second-order valence-electron chi connectivity index (χ2n) is 8.67. The van der Waals surface area contributed by atoms with Crippen molar-refractivity contribution in [2.24, 2.45) is 0 Å². The normalized spacial score (nSPS) is 12.7. The van der Waals surface area contributed by atoms with Crippen molar-refractivity contribution in [3.05, 3.63) is 64.6 Å². The lowest BCUT2D eigenvalue weighted by Crippen LogP contribution is -2.54. The van der Waals surface area contributed by atoms with Gasteiger partial charge in [-0.15, -0.1) is 0 Å². The molecule has 0 aliphatic rings. The van der Waals surface area contributed by atoms with Crippen LogP contribution in [0.25, 0.3) is 0 Å². The summed E-state index contributed by atoms with van der Waals surface area (Å²) in [6.07, 6.45) is 1.05. The van der Waals surface area contributed by atoms with E-state index in [1.165, 1.54) is 4.90 Å². The maximum Gasteiger partial charge on any atom is 0.244 e. The second-order valence-corrected chi connectivity index (χ2v) is 11.5. The summed E-state index contributed by atoms with van der Waals surface area (Å²) in [4.78, 5) is 27.7. The van der Waals surface area contributed by atoms with E-state index in [1.807, 2.05) is 51.1 Å². The Hall–Kier alpha value is -2.39. The highest BCUT2D eigenvalue weighted by Gasteiger charge is 2.31. The molecular formula is C23H30BrN3O4S. The fourth-order valence-electron chi connectivity index (χ4n) is 3.08. The average molecular weight is 524 g/mol. The molecule has 2 aromatic carbocycles. The van der Waals surface area contributed by atoms with Crippen LogP contribution in [0.4, 0.5) is 5.69 Å². The molecule has 0 aliphatic carbocycles. The highest BCUT2D eigenvalue weighted by Crippen LogP contribution is 2.23. The number of rotatable bonds is 8. The fourth-order valence-corrected chi connectivity index (χ4v) is 4.31. The first kappa shape index (κ1) is 25.9. The second kappa shape index (κ2) is 10.5. The summed E-state index contributed by atoms with van der Waals surface area (Å²) < 4.78 is 26.8. The van der Waals surface area contributed by atoms with Crippen LogP contribution in [-0.4, -0.2) is 49.5 Å². The topological polar surface area (TPSA) is 86.8 Å². The fraction of sp³-hybridized carbons (Fsp3) is 0.391. The van der Waals surface area contributed by atoms with Gasteiger partial charge in [0.25, 0.3) is 0 Å². The lowest BCUT2D eigenvalue weighted by Gasteiger charge is -2.33. The average Bonchev–Trinajstić information content (AvgIpc) is 2.68. The van der Waals surface area contributed by atoms with Crippen molar-refractivity contribution in [3.63, 3.8) is 0 Å². The summed E-state index contributed by atoms with van der Waals surface area (Å²) in [5, 5.41) is 2.89. The van der Waals surface area contributed by atoms with Crippen LogP contribution < -0.4 is 9.62 Å². The van der Waals surface area contributed by atoms with E-state index < -0.39 is 34.1 Å². The Balaban J connectivity index is 2.38. The maximum atomic E-state index is 13.4. The van der Waals surface area contributed by atoms with Gasteiger partial charge in [0.15, 0.2) is 0 Å². The predicted molar refractivity (Wildman–Crippen MR) is 131 cm³/mol. The van der Waals surface area contributed by atoms with E-state index in [0.29, 0.717) is 10.2 Å². The number of sulfonamides is 1. The van der Waals surface area contributed by atoms with Crippen molar-refractivity contribution in [2.45, 2.75) is 45.8 Å². The molecule has 0 aliphatic heterocycles. The number of halogens is 1. The molecule has 0 aromatic heterocycles. The van der Waals surface area contributed by atoms with Crippen molar-refractivity contribution in [1.29, 1.82) is 0 Å². The number of benzene rings is 2. The van der Waals surface area contributed by atoms with Gasteiger partial charge >= 0.3 is 0 Å². The molecule has 0 heterocycles. The Morgan fingerprint density at radius 1 is 1.06 bits per heavy atom. The van der Waals surface area contributed by atoms with Crippen LogP contribution in [0.5, 0.6) is 0 Å². The quantitative estimate of drug-likeness (QED) is 0.573. The molecule has 1 N–H and O–H groups in total. The molecule has 0 spiro atoms. The minimum absolute atomic E-state index is 0.175. The highest BCUT2D eigenvalue weighted by atomic mass is 79.9. The van der Waals surface area contributed by atoms with Crippen molar-refractivity contribution in [2.75, 3.05) is 17.1 Å². The molecule has 9 heteroatoms. The number of carbonyl (C=O) groups excluding carboxylic acids is 2. The number of hydrogen-bond acceptors (Lipinski definition) is 4. The van der Waals surface area contributed by atoms with Gasteiger partial charge in [0.05, 0.1) is 11.9 Å². The molecule has 0 saturated carbocycles. The molecule has 0 radical (unpaired) electrons. The zero-order valence-electron chi connectivity index (χ0n) is 19.0. The van der Waals surface area contributed by atoms with Crippen LogP contribution in [0, 0.1) is 0 Å². The molecule has 2 aromatic rings. The third-order valence-corrected chi connectivity index (χ3v) is 6.27. The number of hydrogen-bond donors (Lipinski definition) is 1. The third kappa shape index (κ3) is 7.63. The lowest BCUT2D eigenvalue weighted by atomic mass is 10.1. The lowest BCUT2D eigenvalue weighted by molar-refractivity contribution is -0.140. The van der Waals surface area contributed by atoms with Gasteiger partial charge in [-0.2, -0.15) is 0 Å². The van der Waals surface area contributed by atoms with Crippen LogP contribution in [-0.2, 0) is 26.2 Å². The Morgan fingerprint density at radius 3 is 2.22 bits per heavy atom. The van der Waals surface area contributed by atoms with Gasteiger partial charge in [0.2, 0.25) is 21.8 Å². The summed E-state index contributed by atoms with van der Waals surface area (Å²) in [6, 6.07) is 15.2. The third-order valence-electron chi connectivity index (χ3n) is 4.64. The van der Waals surface area contributed by atoms with Gasteiger partial charge in [-0.05, 0) is 51.5 Å². The molecule has 0 fully saturated rings. The SMILES string of the molecule is CC(C(=O)NC(C)(C)C)N(Cc1ccccc1)C(=O)CN(c1cccc(Br)c1)S(C)(=O)=O. The smallest absolute Gasteiger partial charge is 0.244 e. The highest BCUT2D eigenvalue weighted by molar-refractivity contribution is 9.10. The van der Waals surface area contributed by atoms with Gasteiger partial charge in [-0.3, -0.25) is 13.9 Å². The van der Waals surface area contributed by atoms with Gasteiger partial charge in [0, 0.05) is 16.6 Å². The summed E-state index contributed by atoms with van der Waals surface area (Å²) >= 11 is 3.34. The van der Waals surface area contributed by atoms with E-state index in [0.717, 1.165) is 16.1 Å². The Kier molecular flexibility index (Phi) is 8.47. The van der Waals surface area contributed by atoms with E-state index in [1.54, 1.807) is 31.2 Å². The summed E-state index contributed by atoms with van der Waals surface area (Å²) in [5.41, 5.74) is 0.730. The van der Waals surface area contributed by atoms with Crippen molar-refractivity contribution >= 4 is 43.5 Å². The molecule has 1 unspecified atom stereocenters. The molecule has 1 atom stereocenters. The minimum Gasteiger partial charge on any atom is -0.350 e. The monoisotopic (exact) mass is 523 g/mol. The van der Waals surface area contributed by atoms with Crippen molar-refractivity contribution < 1.29 is 18.0 Å². The van der Waals surface area contributed by atoms with Gasteiger partial charge in [-0.25, -0.2) is 8.42 Å². The van der Waals surface area contributed by atoms with E-state index in [9.17, 15) is 18.0 Å². The molecular weight excluding hydrogens is 494 g/mol. The van der Waals surface area contributed by atoms with Gasteiger partial charge in [0.1, 0.15) is 12.6 Å². The molecule has 0 saturated heterocycles. The van der Waals surface area contributed by atoms with E-state index >= 15 is 0 Å². The number of nitrogens with one attached hydrogen (secondary N) is 1. The van der Waals surface area contributed by atoms with E-state index in [2.05, 4.69) is 21.2 Å². The molecule has 2 rings (SSSR count). The zero-order chi connectivity index (χ0) is 24.1. The Bertz CT molecular complexity index is 1050. The predicted octanol–water partition coefficient (Wildman–Crippen LogP) is 3.55. The number of carbonyl (C=O) groups is 2. The Morgan fingerprint density at radius 2 is 1.69 bits per heavy atom.